The molecule has 0 aliphatic heterocycles. The molecule has 1 unspecified atom stereocenters. The number of hydrogen-bond donors (Lipinski definition) is 1. The number of halogens is 1. The van der Waals surface area contributed by atoms with Crippen LogP contribution in [0, 0.1) is 13.8 Å². The zero-order valence-electron chi connectivity index (χ0n) is 15.5. The summed E-state index contributed by atoms with van der Waals surface area (Å²) in [5.74, 6) is -0.260. The van der Waals surface area contributed by atoms with Gasteiger partial charge in [0.05, 0.1) is 10.6 Å². The third-order valence-electron chi connectivity index (χ3n) is 4.01. The van der Waals surface area contributed by atoms with Crippen molar-refractivity contribution in [2.24, 2.45) is 0 Å². The maximum Gasteiger partial charge on any atom is 0.265 e. The molecule has 8 heteroatoms. The summed E-state index contributed by atoms with van der Waals surface area (Å²) >= 11 is 5.65. The maximum atomic E-state index is 13.3. The highest BCUT2D eigenvalue weighted by molar-refractivity contribution is 7.93. The molecule has 1 atom stereocenters. The van der Waals surface area contributed by atoms with E-state index >= 15 is 0 Å². The van der Waals surface area contributed by atoms with Gasteiger partial charge in [-0.25, -0.2) is 8.42 Å². The Labute approximate surface area is 164 Å². The maximum absolute atomic E-state index is 13.3. The zero-order valence-corrected chi connectivity index (χ0v) is 17.1. The second-order valence-corrected chi connectivity index (χ2v) is 8.46. The quantitative estimate of drug-likeness (QED) is 0.740. The number of nitrogens with one attached hydrogen (secondary N) is 1. The predicted molar refractivity (Wildman–Crippen MR) is 107 cm³/mol. The van der Waals surface area contributed by atoms with Gasteiger partial charge >= 0.3 is 0 Å². The smallest absolute Gasteiger partial charge is 0.265 e. The number of hydrogen-bond acceptors (Lipinski definition) is 4. The summed E-state index contributed by atoms with van der Waals surface area (Å²) in [7, 11) is -4.07. The van der Waals surface area contributed by atoms with Gasteiger partial charge in [0.25, 0.3) is 10.0 Å². The van der Waals surface area contributed by atoms with E-state index < -0.39 is 21.3 Å². The summed E-state index contributed by atoms with van der Waals surface area (Å²) in [4.78, 5) is 22.9. The molecule has 2 aromatic carbocycles. The minimum absolute atomic E-state index is 0.0118. The van der Waals surface area contributed by atoms with Crippen molar-refractivity contribution >= 4 is 44.1 Å². The number of rotatable bonds is 6. The molecule has 0 heterocycles. The minimum Gasteiger partial charge on any atom is -0.326 e. The van der Waals surface area contributed by atoms with Gasteiger partial charge in [0.2, 0.25) is 11.1 Å². The molecular weight excluding hydrogens is 388 g/mol. The van der Waals surface area contributed by atoms with E-state index in [-0.39, 0.29) is 10.8 Å². The Morgan fingerprint density at radius 2 is 1.67 bits per heavy atom. The molecule has 0 bridgehead atoms. The van der Waals surface area contributed by atoms with Crippen LogP contribution in [0.15, 0.2) is 47.4 Å². The molecule has 1 N–H and O–H groups in total. The van der Waals surface area contributed by atoms with Crippen molar-refractivity contribution in [3.63, 3.8) is 0 Å². The van der Waals surface area contributed by atoms with Crippen LogP contribution in [-0.2, 0) is 19.6 Å². The summed E-state index contributed by atoms with van der Waals surface area (Å²) in [5, 5.41) is 1.80. The molecule has 27 heavy (non-hydrogen) atoms. The first-order valence-electron chi connectivity index (χ1n) is 8.22. The molecule has 2 aromatic rings. The molecule has 0 radical (unpaired) electrons. The van der Waals surface area contributed by atoms with Crippen molar-refractivity contribution in [2.75, 3.05) is 9.62 Å². The van der Waals surface area contributed by atoms with E-state index in [0.29, 0.717) is 16.9 Å². The molecular formula is C19H21ClN2O4S. The number of amides is 1. The van der Waals surface area contributed by atoms with Crippen LogP contribution in [0.3, 0.4) is 0 Å². The summed E-state index contributed by atoms with van der Waals surface area (Å²) in [6.07, 6.45) is 0. The lowest BCUT2D eigenvalue weighted by atomic mass is 10.1. The van der Waals surface area contributed by atoms with Gasteiger partial charge in [0, 0.05) is 12.6 Å². The van der Waals surface area contributed by atoms with E-state index in [0.717, 1.165) is 9.87 Å². The van der Waals surface area contributed by atoms with E-state index in [1.165, 1.54) is 38.1 Å². The Morgan fingerprint density at radius 3 is 2.19 bits per heavy atom. The lowest BCUT2D eigenvalue weighted by molar-refractivity contribution is -0.114. The minimum atomic E-state index is -4.07. The highest BCUT2D eigenvalue weighted by Gasteiger charge is 2.33. The largest absolute Gasteiger partial charge is 0.326 e. The fourth-order valence-corrected chi connectivity index (χ4v) is 4.45. The third-order valence-corrected chi connectivity index (χ3v) is 6.23. The second-order valence-electron chi connectivity index (χ2n) is 6.28. The highest BCUT2D eigenvalue weighted by atomic mass is 35.5. The first-order chi connectivity index (χ1) is 12.5. The SMILES string of the molecule is CC(=O)Nc1ccc(S(=O)(=O)N(c2cc(C)ccc2C)C(C)C(=O)Cl)cc1. The lowest BCUT2D eigenvalue weighted by Crippen LogP contribution is -2.42. The number of sulfonamides is 1. The van der Waals surface area contributed by atoms with Crippen LogP contribution in [0.25, 0.3) is 0 Å². The van der Waals surface area contributed by atoms with Gasteiger partial charge in [-0.2, -0.15) is 0 Å². The van der Waals surface area contributed by atoms with E-state index in [9.17, 15) is 18.0 Å². The number of carbonyl (C=O) groups excluding carboxylic acids is 2. The molecule has 0 saturated carbocycles. The van der Waals surface area contributed by atoms with Crippen LogP contribution in [0.5, 0.6) is 0 Å². The van der Waals surface area contributed by atoms with Gasteiger partial charge in [-0.05, 0) is 73.8 Å². The summed E-state index contributed by atoms with van der Waals surface area (Å²) in [6, 6.07) is 10.00. The molecule has 0 spiro atoms. The topological polar surface area (TPSA) is 83.6 Å². The van der Waals surface area contributed by atoms with Crippen LogP contribution in [0.1, 0.15) is 25.0 Å². The Kier molecular flexibility index (Phi) is 6.28. The number of benzene rings is 2. The number of carbonyl (C=O) groups is 2. The Hall–Kier alpha value is -2.38. The average molecular weight is 409 g/mol. The zero-order chi connectivity index (χ0) is 20.4. The fourth-order valence-electron chi connectivity index (χ4n) is 2.62. The second kappa shape index (κ2) is 8.10. The monoisotopic (exact) mass is 408 g/mol. The van der Waals surface area contributed by atoms with Crippen molar-refractivity contribution < 1.29 is 18.0 Å². The molecule has 2 rings (SSSR count). The molecule has 0 aliphatic carbocycles. The fraction of sp³-hybridized carbons (Fsp3) is 0.263. The van der Waals surface area contributed by atoms with E-state index in [4.69, 9.17) is 11.6 Å². The van der Waals surface area contributed by atoms with E-state index in [2.05, 4.69) is 5.32 Å². The van der Waals surface area contributed by atoms with E-state index in [1.807, 2.05) is 13.0 Å². The van der Waals surface area contributed by atoms with Crippen molar-refractivity contribution in [1.82, 2.24) is 0 Å². The molecule has 1 amide bonds. The van der Waals surface area contributed by atoms with E-state index in [1.54, 1.807) is 19.1 Å². The van der Waals surface area contributed by atoms with Crippen molar-refractivity contribution in [1.29, 1.82) is 0 Å². The molecule has 0 aliphatic rings. The van der Waals surface area contributed by atoms with Crippen LogP contribution >= 0.6 is 11.6 Å². The Balaban J connectivity index is 2.58. The van der Waals surface area contributed by atoms with Gasteiger partial charge in [-0.15, -0.1) is 0 Å². The van der Waals surface area contributed by atoms with Crippen LogP contribution < -0.4 is 9.62 Å². The standard InChI is InChI=1S/C19H21ClN2O4S/c1-12-5-6-13(2)18(11-12)22(14(3)19(20)24)27(25,26)17-9-7-16(8-10-17)21-15(4)23/h5-11,14H,1-4H3,(H,21,23). The van der Waals surface area contributed by atoms with Crippen LogP contribution in [0.2, 0.25) is 0 Å². The normalized spacial score (nSPS) is 12.3. The first kappa shape index (κ1) is 20.9. The highest BCUT2D eigenvalue weighted by Crippen LogP contribution is 2.31. The number of aryl methyl sites for hydroxylation is 2. The van der Waals surface area contributed by atoms with Crippen molar-refractivity contribution in [2.45, 2.75) is 38.6 Å². The number of nitrogens with zero attached hydrogens (tertiary/aromatic N) is 1. The van der Waals surface area contributed by atoms with Gasteiger partial charge in [0.15, 0.2) is 0 Å². The third kappa shape index (κ3) is 4.67. The average Bonchev–Trinajstić information content (AvgIpc) is 2.57. The van der Waals surface area contributed by atoms with Crippen LogP contribution in [0.4, 0.5) is 11.4 Å². The molecule has 0 fully saturated rings. The molecule has 6 nitrogen and oxygen atoms in total. The molecule has 0 aromatic heterocycles. The Morgan fingerprint density at radius 1 is 1.07 bits per heavy atom. The van der Waals surface area contributed by atoms with Gasteiger partial charge in [-0.1, -0.05) is 12.1 Å². The van der Waals surface area contributed by atoms with Crippen LogP contribution in [-0.4, -0.2) is 25.6 Å². The molecule has 0 saturated heterocycles. The summed E-state index contributed by atoms with van der Waals surface area (Å²) in [5.41, 5.74) is 2.42. The lowest BCUT2D eigenvalue weighted by Gasteiger charge is -2.30. The van der Waals surface area contributed by atoms with Crippen molar-refractivity contribution in [3.05, 3.63) is 53.6 Å². The Bertz CT molecular complexity index is 972. The summed E-state index contributed by atoms with van der Waals surface area (Å²) in [6.45, 7) is 6.41. The molecule has 144 valence electrons. The first-order valence-corrected chi connectivity index (χ1v) is 10.0. The number of anilines is 2. The van der Waals surface area contributed by atoms with Crippen molar-refractivity contribution in [3.8, 4) is 0 Å². The van der Waals surface area contributed by atoms with Gasteiger partial charge in [-0.3, -0.25) is 13.9 Å². The van der Waals surface area contributed by atoms with Gasteiger partial charge < -0.3 is 5.32 Å². The predicted octanol–water partition coefficient (Wildman–Crippen LogP) is 3.61. The van der Waals surface area contributed by atoms with Gasteiger partial charge in [0.1, 0.15) is 6.04 Å². The summed E-state index contributed by atoms with van der Waals surface area (Å²) < 4.78 is 27.6.